The lowest BCUT2D eigenvalue weighted by atomic mass is 9.98. The Morgan fingerprint density at radius 3 is 2.59 bits per heavy atom. The standard InChI is InChI=1S/C12H20O5/c1-5-7(6-13)8-9-10(11(14-4)15-8)17-12(2,3)16-9/h5,7-11,13H,1,6H2,2-4H3/t7-,8-,9-,10-,11-/m1/s1. The smallest absolute Gasteiger partial charge is 0.186 e. The molecule has 0 aliphatic carbocycles. The van der Waals surface area contributed by atoms with E-state index >= 15 is 0 Å². The maximum absolute atomic E-state index is 9.31. The summed E-state index contributed by atoms with van der Waals surface area (Å²) in [6.45, 7) is 7.39. The lowest BCUT2D eigenvalue weighted by molar-refractivity contribution is -0.231. The summed E-state index contributed by atoms with van der Waals surface area (Å²) in [6.07, 6.45) is 0.447. The van der Waals surface area contributed by atoms with Crippen LogP contribution in [0, 0.1) is 5.92 Å². The van der Waals surface area contributed by atoms with Gasteiger partial charge in [0.15, 0.2) is 12.1 Å². The molecule has 0 aromatic rings. The molecule has 1 N–H and O–H groups in total. The van der Waals surface area contributed by atoms with E-state index < -0.39 is 12.1 Å². The molecule has 2 aliphatic heterocycles. The number of methoxy groups -OCH3 is 1. The molecule has 0 unspecified atom stereocenters. The second kappa shape index (κ2) is 4.66. The molecule has 0 bridgehead atoms. The SMILES string of the molecule is C=C[C@H](CO)[C@H]1O[C@@H](OC)[C@@H]2OC(C)(C)O[C@@H]21. The highest BCUT2D eigenvalue weighted by molar-refractivity contribution is 5.01. The molecular weight excluding hydrogens is 224 g/mol. The van der Waals surface area contributed by atoms with Crippen molar-refractivity contribution in [1.82, 2.24) is 0 Å². The van der Waals surface area contributed by atoms with Gasteiger partial charge in [-0.15, -0.1) is 6.58 Å². The van der Waals surface area contributed by atoms with E-state index in [1.807, 2.05) is 13.8 Å². The molecule has 2 aliphatic rings. The Morgan fingerprint density at radius 2 is 2.06 bits per heavy atom. The number of hydrogen-bond donors (Lipinski definition) is 1. The van der Waals surface area contributed by atoms with Crippen LogP contribution in [0.3, 0.4) is 0 Å². The molecule has 0 aromatic heterocycles. The fraction of sp³-hybridized carbons (Fsp3) is 0.833. The van der Waals surface area contributed by atoms with Crippen molar-refractivity contribution in [3.63, 3.8) is 0 Å². The van der Waals surface area contributed by atoms with Crippen LogP contribution in [0.1, 0.15) is 13.8 Å². The summed E-state index contributed by atoms with van der Waals surface area (Å²) in [5, 5.41) is 9.31. The third-order valence-corrected chi connectivity index (χ3v) is 3.21. The largest absolute Gasteiger partial charge is 0.396 e. The first-order valence-corrected chi connectivity index (χ1v) is 5.79. The third-order valence-electron chi connectivity index (χ3n) is 3.21. The number of ether oxygens (including phenoxy) is 4. The van der Waals surface area contributed by atoms with Crippen molar-refractivity contribution >= 4 is 0 Å². The van der Waals surface area contributed by atoms with E-state index in [2.05, 4.69) is 6.58 Å². The molecule has 17 heavy (non-hydrogen) atoms. The van der Waals surface area contributed by atoms with Gasteiger partial charge in [0.25, 0.3) is 0 Å². The minimum atomic E-state index is -0.644. The zero-order valence-electron chi connectivity index (χ0n) is 10.5. The van der Waals surface area contributed by atoms with Crippen LogP contribution >= 0.6 is 0 Å². The summed E-state index contributed by atoms with van der Waals surface area (Å²) < 4.78 is 22.5. The second-order valence-corrected chi connectivity index (χ2v) is 4.85. The molecule has 5 atom stereocenters. The average molecular weight is 244 g/mol. The Kier molecular flexibility index (Phi) is 3.56. The van der Waals surface area contributed by atoms with E-state index in [0.29, 0.717) is 0 Å². The van der Waals surface area contributed by atoms with Crippen LogP contribution in [0.4, 0.5) is 0 Å². The lowest BCUT2D eigenvalue weighted by Gasteiger charge is -2.26. The van der Waals surface area contributed by atoms with Crippen molar-refractivity contribution in [2.24, 2.45) is 5.92 Å². The number of aliphatic hydroxyl groups excluding tert-OH is 1. The van der Waals surface area contributed by atoms with Crippen molar-refractivity contribution < 1.29 is 24.1 Å². The number of hydrogen-bond acceptors (Lipinski definition) is 5. The van der Waals surface area contributed by atoms with Gasteiger partial charge in [-0.25, -0.2) is 0 Å². The molecular formula is C12H20O5. The van der Waals surface area contributed by atoms with E-state index in [1.54, 1.807) is 13.2 Å². The Labute approximate surface area is 101 Å². The van der Waals surface area contributed by atoms with Crippen LogP contribution < -0.4 is 0 Å². The molecule has 0 aromatic carbocycles. The topological polar surface area (TPSA) is 57.2 Å². The van der Waals surface area contributed by atoms with Crippen LogP contribution in [0.15, 0.2) is 12.7 Å². The van der Waals surface area contributed by atoms with E-state index in [-0.39, 0.29) is 30.8 Å². The minimum absolute atomic E-state index is 0.0301. The molecule has 2 saturated heterocycles. The molecule has 0 radical (unpaired) electrons. The number of fused-ring (bicyclic) bond motifs is 1. The van der Waals surface area contributed by atoms with Crippen LogP contribution in [0.5, 0.6) is 0 Å². The molecule has 0 saturated carbocycles. The Bertz CT molecular complexity index is 291. The fourth-order valence-corrected chi connectivity index (χ4v) is 2.44. The summed E-state index contributed by atoms with van der Waals surface area (Å²) >= 11 is 0. The molecule has 0 spiro atoms. The van der Waals surface area contributed by atoms with Gasteiger partial charge in [-0.2, -0.15) is 0 Å². The first-order valence-electron chi connectivity index (χ1n) is 5.79. The van der Waals surface area contributed by atoms with Crippen LogP contribution in [-0.4, -0.2) is 49.2 Å². The third kappa shape index (κ3) is 2.26. The zero-order valence-corrected chi connectivity index (χ0v) is 10.5. The van der Waals surface area contributed by atoms with Gasteiger partial charge in [-0.1, -0.05) is 6.08 Å². The monoisotopic (exact) mass is 244 g/mol. The molecule has 0 amide bonds. The van der Waals surface area contributed by atoms with Gasteiger partial charge < -0.3 is 24.1 Å². The highest BCUT2D eigenvalue weighted by Gasteiger charge is 2.56. The van der Waals surface area contributed by atoms with Gasteiger partial charge in [-0.3, -0.25) is 0 Å². The summed E-state index contributed by atoms with van der Waals surface area (Å²) in [6, 6.07) is 0. The van der Waals surface area contributed by atoms with Gasteiger partial charge in [0.1, 0.15) is 12.2 Å². The second-order valence-electron chi connectivity index (χ2n) is 4.85. The summed E-state index contributed by atoms with van der Waals surface area (Å²) in [5.41, 5.74) is 0. The van der Waals surface area contributed by atoms with Gasteiger partial charge in [0, 0.05) is 13.0 Å². The van der Waals surface area contributed by atoms with Gasteiger partial charge in [0.05, 0.1) is 12.7 Å². The molecule has 5 heteroatoms. The van der Waals surface area contributed by atoms with Crippen molar-refractivity contribution in [2.75, 3.05) is 13.7 Å². The molecule has 98 valence electrons. The number of aliphatic hydroxyl groups is 1. The van der Waals surface area contributed by atoms with Crippen LogP contribution in [-0.2, 0) is 18.9 Å². The highest BCUT2D eigenvalue weighted by atomic mass is 16.8. The van der Waals surface area contributed by atoms with E-state index in [0.717, 1.165) is 0 Å². The van der Waals surface area contributed by atoms with Crippen molar-refractivity contribution in [3.8, 4) is 0 Å². The van der Waals surface area contributed by atoms with E-state index in [4.69, 9.17) is 18.9 Å². The maximum Gasteiger partial charge on any atom is 0.186 e. The molecule has 5 nitrogen and oxygen atoms in total. The van der Waals surface area contributed by atoms with E-state index in [1.165, 1.54) is 0 Å². The molecule has 2 rings (SSSR count). The summed E-state index contributed by atoms with van der Waals surface area (Å²) in [4.78, 5) is 0. The van der Waals surface area contributed by atoms with Gasteiger partial charge in [-0.05, 0) is 13.8 Å². The van der Waals surface area contributed by atoms with Crippen LogP contribution in [0.2, 0.25) is 0 Å². The van der Waals surface area contributed by atoms with Crippen molar-refractivity contribution in [3.05, 3.63) is 12.7 Å². The Hall–Kier alpha value is -0.460. The van der Waals surface area contributed by atoms with Crippen molar-refractivity contribution in [2.45, 2.75) is 44.2 Å². The highest BCUT2D eigenvalue weighted by Crippen LogP contribution is 2.41. The molecule has 2 fully saturated rings. The average Bonchev–Trinajstić information content (AvgIpc) is 2.75. The first kappa shape index (κ1) is 13.0. The van der Waals surface area contributed by atoms with E-state index in [9.17, 15) is 5.11 Å². The zero-order chi connectivity index (χ0) is 12.6. The predicted molar refractivity (Wildman–Crippen MR) is 60.3 cm³/mol. The van der Waals surface area contributed by atoms with Gasteiger partial charge >= 0.3 is 0 Å². The quantitative estimate of drug-likeness (QED) is 0.737. The molecule has 2 heterocycles. The summed E-state index contributed by atoms with van der Waals surface area (Å²) in [5.74, 6) is -0.824. The maximum atomic E-state index is 9.31. The normalized spacial score (nSPS) is 41.2. The Balaban J connectivity index is 2.17. The lowest BCUT2D eigenvalue weighted by Crippen LogP contribution is -2.36. The van der Waals surface area contributed by atoms with Crippen LogP contribution in [0.25, 0.3) is 0 Å². The minimum Gasteiger partial charge on any atom is -0.396 e. The fourth-order valence-electron chi connectivity index (χ4n) is 2.44. The first-order chi connectivity index (χ1) is 8.02. The Morgan fingerprint density at radius 1 is 1.41 bits per heavy atom. The summed E-state index contributed by atoms with van der Waals surface area (Å²) in [7, 11) is 1.57. The van der Waals surface area contributed by atoms with Crippen molar-refractivity contribution in [1.29, 1.82) is 0 Å². The predicted octanol–water partition coefficient (Wildman–Crippen LogP) is 0.672. The van der Waals surface area contributed by atoms with Gasteiger partial charge in [0.2, 0.25) is 0 Å². The number of rotatable bonds is 4.